The monoisotopic (exact) mass is 514 g/mol. The second-order valence-electron chi connectivity index (χ2n) is 8.45. The summed E-state index contributed by atoms with van der Waals surface area (Å²) in [5.74, 6) is -1.08. The van der Waals surface area contributed by atoms with Gasteiger partial charge in [-0.1, -0.05) is 30.3 Å². The van der Waals surface area contributed by atoms with E-state index in [0.717, 1.165) is 18.4 Å². The summed E-state index contributed by atoms with van der Waals surface area (Å²) in [5.41, 5.74) is 2.92. The molecule has 0 radical (unpaired) electrons. The van der Waals surface area contributed by atoms with Crippen molar-refractivity contribution in [3.05, 3.63) is 95.5 Å². The van der Waals surface area contributed by atoms with Crippen LogP contribution in [0.25, 0.3) is 16.6 Å². The molecule has 0 fully saturated rings. The van der Waals surface area contributed by atoms with E-state index < -0.39 is 28.4 Å². The van der Waals surface area contributed by atoms with Gasteiger partial charge in [-0.25, -0.2) is 18.2 Å². The normalized spacial score (nSPS) is 14.0. The summed E-state index contributed by atoms with van der Waals surface area (Å²) in [4.78, 5) is 19.8. The molecular weight excluding hydrogens is 492 g/mol. The minimum atomic E-state index is -3.81. The van der Waals surface area contributed by atoms with Crippen molar-refractivity contribution < 1.29 is 23.1 Å². The number of benzene rings is 3. The van der Waals surface area contributed by atoms with Crippen LogP contribution in [0.2, 0.25) is 0 Å². The lowest BCUT2D eigenvalue weighted by atomic mass is 10.0. The highest BCUT2D eigenvalue weighted by atomic mass is 32.2. The second-order valence-corrected chi connectivity index (χ2v) is 10.3. The number of imidazole rings is 1. The van der Waals surface area contributed by atoms with Crippen LogP contribution in [0.15, 0.2) is 83.5 Å². The van der Waals surface area contributed by atoms with Gasteiger partial charge in [-0.05, 0) is 60.9 Å². The van der Waals surface area contributed by atoms with Gasteiger partial charge in [-0.15, -0.1) is 0 Å². The molecule has 2 heterocycles. The zero-order valence-corrected chi connectivity index (χ0v) is 20.4. The summed E-state index contributed by atoms with van der Waals surface area (Å²) in [6, 6.07) is 21.9. The molecule has 0 unspecified atom stereocenters. The Bertz CT molecular complexity index is 1630. The first kappa shape index (κ1) is 24.1. The lowest BCUT2D eigenvalue weighted by Gasteiger charge is -2.30. The molecule has 0 atom stereocenters. The Morgan fingerprint density at radius 3 is 2.57 bits per heavy atom. The van der Waals surface area contributed by atoms with Crippen molar-refractivity contribution in [2.24, 2.45) is 0 Å². The fourth-order valence-corrected chi connectivity index (χ4v) is 5.79. The summed E-state index contributed by atoms with van der Waals surface area (Å²) in [6.07, 6.45) is 1.54. The van der Waals surface area contributed by atoms with Crippen LogP contribution in [-0.4, -0.2) is 42.6 Å². The molecule has 10 heteroatoms. The van der Waals surface area contributed by atoms with Gasteiger partial charge in [-0.3, -0.25) is 4.31 Å². The molecule has 1 aliphatic rings. The Morgan fingerprint density at radius 1 is 1.08 bits per heavy atom. The zero-order chi connectivity index (χ0) is 26.0. The first-order valence-corrected chi connectivity index (χ1v) is 13.0. The topological polar surface area (TPSA) is 136 Å². The average Bonchev–Trinajstić information content (AvgIpc) is 3.35. The van der Waals surface area contributed by atoms with Crippen molar-refractivity contribution >= 4 is 38.3 Å². The van der Waals surface area contributed by atoms with Gasteiger partial charge >= 0.3 is 5.97 Å². The number of hydrogen-bond acceptors (Lipinski definition) is 7. The number of fused-ring (bicyclic) bond motifs is 2. The van der Waals surface area contributed by atoms with Gasteiger partial charge < -0.3 is 14.8 Å². The minimum Gasteiger partial charge on any atom is -0.507 e. The van der Waals surface area contributed by atoms with Gasteiger partial charge in [0.1, 0.15) is 18.2 Å². The number of nitrogens with zero attached hydrogens (tertiary/aromatic N) is 3. The molecule has 2 N–H and O–H groups in total. The highest BCUT2D eigenvalue weighted by molar-refractivity contribution is 7.92. The number of carbonyl (C=O) groups is 1. The molecule has 0 amide bonds. The molecule has 0 bridgehead atoms. The number of esters is 1. The Balaban J connectivity index is 1.30. The number of para-hydroxylation sites is 3. The molecule has 1 aliphatic heterocycles. The van der Waals surface area contributed by atoms with Crippen LogP contribution in [0.3, 0.4) is 0 Å². The third-order valence-corrected chi connectivity index (χ3v) is 7.94. The predicted molar refractivity (Wildman–Crippen MR) is 137 cm³/mol. The van der Waals surface area contributed by atoms with Gasteiger partial charge in [0, 0.05) is 6.54 Å². The smallest absolute Gasteiger partial charge is 0.338 e. The van der Waals surface area contributed by atoms with E-state index in [-0.39, 0.29) is 21.9 Å². The number of carbonyl (C=O) groups excluding carboxylic acids is 1. The van der Waals surface area contributed by atoms with Crippen molar-refractivity contribution in [2.45, 2.75) is 17.7 Å². The summed E-state index contributed by atoms with van der Waals surface area (Å²) < 4.78 is 33.1. The van der Waals surface area contributed by atoms with E-state index in [9.17, 15) is 23.6 Å². The van der Waals surface area contributed by atoms with E-state index in [1.54, 1.807) is 24.3 Å². The Kier molecular flexibility index (Phi) is 6.38. The summed E-state index contributed by atoms with van der Waals surface area (Å²) in [6.45, 7) is -0.176. The van der Waals surface area contributed by atoms with E-state index >= 15 is 0 Å². The first-order chi connectivity index (χ1) is 17.9. The predicted octanol–water partition coefficient (Wildman–Crippen LogP) is 4.35. The molecular formula is C27H22N4O5S. The van der Waals surface area contributed by atoms with Crippen molar-refractivity contribution in [1.82, 2.24) is 9.97 Å². The van der Waals surface area contributed by atoms with Gasteiger partial charge in [0.25, 0.3) is 10.0 Å². The molecule has 186 valence electrons. The minimum absolute atomic E-state index is 0.0557. The third-order valence-electron chi connectivity index (χ3n) is 6.11. The van der Waals surface area contributed by atoms with Crippen LogP contribution in [-0.2, 0) is 21.2 Å². The molecule has 5 rings (SSSR count). The third kappa shape index (κ3) is 4.64. The summed E-state index contributed by atoms with van der Waals surface area (Å²) in [5, 5.41) is 19.9. The lowest BCUT2D eigenvalue weighted by molar-refractivity contribution is 0.0502. The van der Waals surface area contributed by atoms with Gasteiger partial charge in [0.2, 0.25) is 0 Å². The standard InChI is InChI=1S/C27H22N4O5S/c28-16-21(26-29-22-8-2-3-9-23(22)30-26)25(32)17-36-27(33)19-11-13-20(14-12-19)37(34,35)31-15-5-7-18-6-1-4-10-24(18)31/h1-4,6,8-14,32H,5,7,15,17H2,(H,29,30)/b25-21+. The van der Waals surface area contributed by atoms with E-state index in [2.05, 4.69) is 9.97 Å². The number of anilines is 1. The number of aryl methyl sites for hydroxylation is 1. The number of allylic oxidation sites excluding steroid dienone is 1. The number of nitriles is 1. The van der Waals surface area contributed by atoms with Crippen LogP contribution in [0.5, 0.6) is 0 Å². The van der Waals surface area contributed by atoms with Crippen molar-refractivity contribution in [3.63, 3.8) is 0 Å². The quantitative estimate of drug-likeness (QED) is 0.222. The maximum atomic E-state index is 13.3. The number of H-pyrrole nitrogens is 1. The number of aliphatic hydroxyl groups excluding tert-OH is 1. The number of aromatic amines is 1. The molecule has 0 spiro atoms. The molecule has 37 heavy (non-hydrogen) atoms. The SMILES string of the molecule is N#C/C(=C(\O)COC(=O)c1ccc(S(=O)(=O)N2CCCc3ccccc32)cc1)c1nc2ccccc2[nH]1. The van der Waals surface area contributed by atoms with E-state index in [1.807, 2.05) is 30.3 Å². The van der Waals surface area contributed by atoms with Crippen LogP contribution < -0.4 is 4.31 Å². The highest BCUT2D eigenvalue weighted by Gasteiger charge is 2.29. The Morgan fingerprint density at radius 2 is 1.81 bits per heavy atom. The molecule has 0 saturated heterocycles. The molecule has 0 aliphatic carbocycles. The maximum absolute atomic E-state index is 13.3. The first-order valence-electron chi connectivity index (χ1n) is 11.5. The molecule has 0 saturated carbocycles. The number of rotatable bonds is 6. The average molecular weight is 515 g/mol. The van der Waals surface area contributed by atoms with Crippen molar-refractivity contribution in [2.75, 3.05) is 17.5 Å². The number of nitrogens with one attached hydrogen (secondary N) is 1. The lowest BCUT2D eigenvalue weighted by Crippen LogP contribution is -2.35. The maximum Gasteiger partial charge on any atom is 0.338 e. The van der Waals surface area contributed by atoms with Crippen molar-refractivity contribution in [3.8, 4) is 6.07 Å². The second kappa shape index (κ2) is 9.79. The van der Waals surface area contributed by atoms with Crippen molar-refractivity contribution in [1.29, 1.82) is 5.26 Å². The van der Waals surface area contributed by atoms with E-state index in [1.165, 1.54) is 28.6 Å². The number of ether oxygens (including phenoxy) is 1. The number of aliphatic hydroxyl groups is 1. The highest BCUT2D eigenvalue weighted by Crippen LogP contribution is 2.31. The number of sulfonamides is 1. The molecule has 4 aromatic rings. The van der Waals surface area contributed by atoms with E-state index in [0.29, 0.717) is 23.3 Å². The van der Waals surface area contributed by atoms with Crippen LogP contribution in [0, 0.1) is 11.3 Å². The summed E-state index contributed by atoms with van der Waals surface area (Å²) >= 11 is 0. The van der Waals surface area contributed by atoms with Gasteiger partial charge in [0.15, 0.2) is 11.6 Å². The summed E-state index contributed by atoms with van der Waals surface area (Å²) in [7, 11) is -3.81. The fraction of sp³-hybridized carbons (Fsp3) is 0.148. The van der Waals surface area contributed by atoms with Crippen LogP contribution in [0.1, 0.15) is 28.2 Å². The van der Waals surface area contributed by atoms with E-state index in [4.69, 9.17) is 4.74 Å². The number of hydrogen-bond donors (Lipinski definition) is 2. The zero-order valence-electron chi connectivity index (χ0n) is 19.6. The Labute approximate surface area is 213 Å². The van der Waals surface area contributed by atoms with Gasteiger partial charge in [0.05, 0.1) is 27.2 Å². The molecule has 9 nitrogen and oxygen atoms in total. The van der Waals surface area contributed by atoms with Gasteiger partial charge in [-0.2, -0.15) is 5.26 Å². The molecule has 3 aromatic carbocycles. The Hall–Kier alpha value is -4.62. The largest absolute Gasteiger partial charge is 0.507 e. The van der Waals surface area contributed by atoms with Crippen LogP contribution in [0.4, 0.5) is 5.69 Å². The number of aromatic nitrogens is 2. The van der Waals surface area contributed by atoms with Crippen LogP contribution >= 0.6 is 0 Å². The molecule has 1 aromatic heterocycles. The fourth-order valence-electron chi connectivity index (χ4n) is 4.25.